The number of halogens is 2. The molecular weight excluding hydrogens is 244 g/mol. The Morgan fingerprint density at radius 3 is 2.16 bits per heavy atom. The van der Waals surface area contributed by atoms with Gasteiger partial charge in [-0.1, -0.05) is 24.6 Å². The van der Waals surface area contributed by atoms with Crippen molar-refractivity contribution in [2.75, 3.05) is 0 Å². The number of rotatable bonds is 0. The number of hydrogen-bond donors (Lipinski definition) is 0. The summed E-state index contributed by atoms with van der Waals surface area (Å²) in [4.78, 5) is 4.38. The molecule has 0 fully saturated rings. The zero-order valence-corrected chi connectivity index (χ0v) is 10.8. The maximum atomic E-state index is 11.9. The third-order valence-corrected chi connectivity index (χ3v) is 3.17. The zero-order valence-electron chi connectivity index (χ0n) is 10.8. The van der Waals surface area contributed by atoms with Crippen LogP contribution in [0.4, 0.5) is 8.78 Å². The molecule has 0 saturated carbocycles. The molecule has 1 aromatic heterocycles. The van der Waals surface area contributed by atoms with E-state index in [0.29, 0.717) is 0 Å². The van der Waals surface area contributed by atoms with Crippen molar-refractivity contribution in [1.82, 2.24) is 4.98 Å². The lowest BCUT2D eigenvalue weighted by molar-refractivity contribution is 0.508. The van der Waals surface area contributed by atoms with Gasteiger partial charge in [-0.25, -0.2) is 8.78 Å². The van der Waals surface area contributed by atoms with Crippen molar-refractivity contribution in [3.8, 4) is 0 Å². The summed E-state index contributed by atoms with van der Waals surface area (Å²) in [7, 11) is 0. The maximum absolute atomic E-state index is 11.9. The molecule has 1 aliphatic rings. The van der Waals surface area contributed by atoms with Gasteiger partial charge < -0.3 is 0 Å². The van der Waals surface area contributed by atoms with Crippen LogP contribution in [0.15, 0.2) is 42.6 Å². The smallest absolute Gasteiger partial charge is 0.158 e. The van der Waals surface area contributed by atoms with Gasteiger partial charge in [0.25, 0.3) is 0 Å². The highest BCUT2D eigenvalue weighted by molar-refractivity contribution is 5.20. The van der Waals surface area contributed by atoms with E-state index in [1.54, 1.807) is 0 Å². The van der Waals surface area contributed by atoms with Crippen LogP contribution in [-0.4, -0.2) is 4.98 Å². The molecule has 1 nitrogen and oxygen atoms in total. The molecule has 0 bridgehead atoms. The second-order valence-corrected chi connectivity index (χ2v) is 4.58. The van der Waals surface area contributed by atoms with E-state index < -0.39 is 11.6 Å². The minimum absolute atomic E-state index is 0.799. The average Bonchev–Trinajstić information content (AvgIpc) is 2.68. The van der Waals surface area contributed by atoms with Crippen molar-refractivity contribution < 1.29 is 8.78 Å². The molecule has 1 aromatic carbocycles. The summed E-state index contributed by atoms with van der Waals surface area (Å²) in [6.45, 7) is 0. The van der Waals surface area contributed by atoms with Crippen LogP contribution in [0.2, 0.25) is 0 Å². The molecule has 3 heteroatoms. The zero-order chi connectivity index (χ0) is 13.5. The Labute approximate surface area is 112 Å². The summed E-state index contributed by atoms with van der Waals surface area (Å²) in [6.07, 6.45) is 8.38. The summed E-state index contributed by atoms with van der Waals surface area (Å²) < 4.78 is 23.9. The van der Waals surface area contributed by atoms with E-state index in [1.807, 2.05) is 12.3 Å². The maximum Gasteiger partial charge on any atom is 0.158 e. The molecule has 0 atom stereocenters. The van der Waals surface area contributed by atoms with Gasteiger partial charge >= 0.3 is 0 Å². The first-order valence-corrected chi connectivity index (χ1v) is 6.60. The van der Waals surface area contributed by atoms with Gasteiger partial charge in [-0.05, 0) is 49.4 Å². The van der Waals surface area contributed by atoms with Crippen LogP contribution in [0.1, 0.15) is 30.5 Å². The fourth-order valence-corrected chi connectivity index (χ4v) is 2.15. The lowest BCUT2D eigenvalue weighted by Gasteiger charge is -2.01. The highest BCUT2D eigenvalue weighted by Crippen LogP contribution is 2.17. The Balaban J connectivity index is 0.000000148. The fraction of sp³-hybridized carbons (Fsp3) is 0.312. The van der Waals surface area contributed by atoms with E-state index in [4.69, 9.17) is 0 Å². The predicted octanol–water partition coefficient (Wildman–Crippen LogP) is 4.32. The van der Waals surface area contributed by atoms with E-state index in [2.05, 4.69) is 11.1 Å². The largest absolute Gasteiger partial charge is 0.261 e. The summed E-state index contributed by atoms with van der Waals surface area (Å²) in [5, 5.41) is 0. The van der Waals surface area contributed by atoms with E-state index >= 15 is 0 Å². The van der Waals surface area contributed by atoms with Gasteiger partial charge in [0, 0.05) is 11.9 Å². The molecule has 0 unspecified atom stereocenters. The summed E-state index contributed by atoms with van der Waals surface area (Å²) in [6, 6.07) is 9.30. The van der Waals surface area contributed by atoms with Crippen LogP contribution in [0.3, 0.4) is 0 Å². The second kappa shape index (κ2) is 6.98. The van der Waals surface area contributed by atoms with Crippen LogP contribution in [-0.2, 0) is 12.8 Å². The molecule has 1 aliphatic carbocycles. The lowest BCUT2D eigenvalue weighted by atomic mass is 10.1. The number of fused-ring (bicyclic) bond motifs is 1. The molecule has 100 valence electrons. The molecule has 3 rings (SSSR count). The third-order valence-electron chi connectivity index (χ3n) is 3.17. The van der Waals surface area contributed by atoms with E-state index in [9.17, 15) is 8.78 Å². The quantitative estimate of drug-likeness (QED) is 0.644. The number of nitrogens with zero attached hydrogens (tertiary/aromatic N) is 1. The Bertz CT molecular complexity index is 480. The number of aryl methyl sites for hydroxylation is 2. The van der Waals surface area contributed by atoms with E-state index in [1.165, 1.54) is 55.5 Å². The first kappa shape index (κ1) is 13.7. The fourth-order valence-electron chi connectivity index (χ4n) is 2.15. The second-order valence-electron chi connectivity index (χ2n) is 4.58. The Morgan fingerprint density at radius 1 is 0.789 bits per heavy atom. The van der Waals surface area contributed by atoms with Gasteiger partial charge in [0.15, 0.2) is 11.6 Å². The number of hydrogen-bond acceptors (Lipinski definition) is 1. The van der Waals surface area contributed by atoms with Crippen LogP contribution in [0.25, 0.3) is 0 Å². The van der Waals surface area contributed by atoms with Gasteiger partial charge in [-0.2, -0.15) is 0 Å². The van der Waals surface area contributed by atoms with Crippen molar-refractivity contribution >= 4 is 0 Å². The van der Waals surface area contributed by atoms with Crippen LogP contribution in [0.5, 0.6) is 0 Å². The molecular formula is C16H17F2N. The van der Waals surface area contributed by atoms with Crippen molar-refractivity contribution in [3.05, 3.63) is 65.5 Å². The van der Waals surface area contributed by atoms with Crippen molar-refractivity contribution in [2.45, 2.75) is 32.1 Å². The Kier molecular flexibility index (Phi) is 5.01. The molecule has 2 aromatic rings. The van der Waals surface area contributed by atoms with Gasteiger partial charge in [0.05, 0.1) is 0 Å². The molecule has 0 amide bonds. The van der Waals surface area contributed by atoms with E-state index in [0.717, 1.165) is 12.1 Å². The van der Waals surface area contributed by atoms with Crippen LogP contribution >= 0.6 is 0 Å². The van der Waals surface area contributed by atoms with E-state index in [-0.39, 0.29) is 0 Å². The van der Waals surface area contributed by atoms with Gasteiger partial charge in [0.1, 0.15) is 0 Å². The molecule has 0 N–H and O–H groups in total. The van der Waals surface area contributed by atoms with Crippen LogP contribution < -0.4 is 0 Å². The first-order valence-electron chi connectivity index (χ1n) is 6.60. The summed E-state index contributed by atoms with van der Waals surface area (Å²) >= 11 is 0. The monoisotopic (exact) mass is 261 g/mol. The third kappa shape index (κ3) is 4.12. The predicted molar refractivity (Wildman–Crippen MR) is 71.9 cm³/mol. The Hall–Kier alpha value is -1.77. The lowest BCUT2D eigenvalue weighted by Crippen LogP contribution is -1.92. The van der Waals surface area contributed by atoms with Gasteiger partial charge in [-0.3, -0.25) is 4.98 Å². The molecule has 0 radical (unpaired) electrons. The molecule has 0 aliphatic heterocycles. The average molecular weight is 261 g/mol. The normalized spacial score (nSPS) is 13.8. The number of benzene rings is 1. The highest BCUT2D eigenvalue weighted by Gasteiger charge is 2.06. The minimum Gasteiger partial charge on any atom is -0.261 e. The standard InChI is InChI=1S/C10H13N.C6H4F2/c1-2-5-9-6-4-8-11-10(9)7-3-1;7-5-3-1-2-4-6(5)8/h4,6,8H,1-3,5,7H2;1-4H. The van der Waals surface area contributed by atoms with Gasteiger partial charge in [0.2, 0.25) is 0 Å². The molecule has 0 saturated heterocycles. The molecule has 19 heavy (non-hydrogen) atoms. The van der Waals surface area contributed by atoms with Crippen molar-refractivity contribution in [2.24, 2.45) is 0 Å². The first-order chi connectivity index (χ1) is 9.27. The minimum atomic E-state index is -0.799. The Morgan fingerprint density at radius 2 is 1.47 bits per heavy atom. The topological polar surface area (TPSA) is 12.9 Å². The van der Waals surface area contributed by atoms with Crippen LogP contribution in [0, 0.1) is 11.6 Å². The molecule has 1 heterocycles. The SMILES string of the molecule is Fc1ccccc1F.c1cnc2c(c1)CCCCC2. The molecule has 0 spiro atoms. The number of pyridine rings is 1. The van der Waals surface area contributed by atoms with Crippen molar-refractivity contribution in [3.63, 3.8) is 0 Å². The number of aromatic nitrogens is 1. The highest BCUT2D eigenvalue weighted by atomic mass is 19.2. The van der Waals surface area contributed by atoms with Crippen molar-refractivity contribution in [1.29, 1.82) is 0 Å². The summed E-state index contributed by atoms with van der Waals surface area (Å²) in [5.74, 6) is -1.60. The van der Waals surface area contributed by atoms with Gasteiger partial charge in [-0.15, -0.1) is 0 Å². The summed E-state index contributed by atoms with van der Waals surface area (Å²) in [5.41, 5.74) is 2.81.